The van der Waals surface area contributed by atoms with Crippen LogP contribution in [-0.4, -0.2) is 66.9 Å². The first-order valence-corrected chi connectivity index (χ1v) is 12.2. The summed E-state index contributed by atoms with van der Waals surface area (Å²) in [5.74, 6) is 1.15. The first-order valence-electron chi connectivity index (χ1n) is 11.8. The number of β-amino-alcohol motifs (C(OH)–C–C–N with tert-alkyl or cyclic N) is 1. The normalized spacial score (nSPS) is 16.1. The fraction of sp³-hybridized carbons (Fsp3) is 0.357. The van der Waals surface area contributed by atoms with E-state index in [1.165, 1.54) is 11.1 Å². The number of rotatable bonds is 10. The van der Waals surface area contributed by atoms with Gasteiger partial charge in [-0.15, -0.1) is 0 Å². The molecule has 3 aromatic carbocycles. The standard InChI is InChI=1S/C28H33ClN2O2/c29-25-11-13-27(14-12-25)33-22-26(32)21-31-19-17-30(18-20-31)16-15-28(23-7-3-1-4-8-23)24-9-5-2-6-10-24/h1-14,26,28,32H,15-22H2. The molecule has 5 heteroatoms. The quantitative estimate of drug-likeness (QED) is 0.462. The maximum absolute atomic E-state index is 10.4. The maximum atomic E-state index is 10.4. The number of hydrogen-bond acceptors (Lipinski definition) is 4. The molecule has 1 unspecified atom stereocenters. The Balaban J connectivity index is 1.22. The molecule has 1 aliphatic heterocycles. The van der Waals surface area contributed by atoms with Gasteiger partial charge >= 0.3 is 0 Å². The van der Waals surface area contributed by atoms with Gasteiger partial charge in [0.1, 0.15) is 18.5 Å². The van der Waals surface area contributed by atoms with E-state index in [1.54, 1.807) is 12.1 Å². The van der Waals surface area contributed by atoms with Crippen LogP contribution in [0.2, 0.25) is 5.02 Å². The van der Waals surface area contributed by atoms with Crippen LogP contribution in [0.4, 0.5) is 0 Å². The number of aliphatic hydroxyl groups is 1. The van der Waals surface area contributed by atoms with Crippen LogP contribution in [-0.2, 0) is 0 Å². The van der Waals surface area contributed by atoms with Crippen molar-refractivity contribution < 1.29 is 9.84 Å². The minimum Gasteiger partial charge on any atom is -0.491 e. The van der Waals surface area contributed by atoms with Gasteiger partial charge in [-0.2, -0.15) is 0 Å². The topological polar surface area (TPSA) is 35.9 Å². The molecule has 33 heavy (non-hydrogen) atoms. The zero-order valence-corrected chi connectivity index (χ0v) is 19.8. The Morgan fingerprint density at radius 1 is 0.758 bits per heavy atom. The second kappa shape index (κ2) is 12.2. The van der Waals surface area contributed by atoms with Crippen molar-refractivity contribution in [2.75, 3.05) is 45.9 Å². The zero-order valence-electron chi connectivity index (χ0n) is 19.0. The van der Waals surface area contributed by atoms with Gasteiger partial charge in [-0.1, -0.05) is 72.3 Å². The minimum absolute atomic E-state index is 0.289. The van der Waals surface area contributed by atoms with Gasteiger partial charge in [0.2, 0.25) is 0 Å². The number of piperazine rings is 1. The lowest BCUT2D eigenvalue weighted by molar-refractivity contribution is 0.0457. The maximum Gasteiger partial charge on any atom is 0.119 e. The molecule has 3 aromatic rings. The number of halogens is 1. The molecule has 0 bridgehead atoms. The Labute approximate surface area is 202 Å². The largest absolute Gasteiger partial charge is 0.491 e. The number of benzene rings is 3. The molecule has 4 rings (SSSR count). The first-order chi connectivity index (χ1) is 16.2. The van der Waals surface area contributed by atoms with Crippen molar-refractivity contribution in [1.29, 1.82) is 0 Å². The predicted octanol–water partition coefficient (Wildman–Crippen LogP) is 4.92. The molecule has 0 saturated carbocycles. The summed E-state index contributed by atoms with van der Waals surface area (Å²) < 4.78 is 5.69. The summed E-state index contributed by atoms with van der Waals surface area (Å²) in [6.07, 6.45) is 0.596. The molecule has 0 aromatic heterocycles. The van der Waals surface area contributed by atoms with E-state index >= 15 is 0 Å². The van der Waals surface area contributed by atoms with Crippen LogP contribution >= 0.6 is 11.6 Å². The fourth-order valence-electron chi connectivity index (χ4n) is 4.48. The van der Waals surface area contributed by atoms with Crippen molar-refractivity contribution in [2.24, 2.45) is 0 Å². The molecular weight excluding hydrogens is 432 g/mol. The van der Waals surface area contributed by atoms with Gasteiger partial charge in [-0.3, -0.25) is 4.90 Å². The zero-order chi connectivity index (χ0) is 22.9. The van der Waals surface area contributed by atoms with Crippen LogP contribution in [0.15, 0.2) is 84.9 Å². The molecule has 4 nitrogen and oxygen atoms in total. The summed E-state index contributed by atoms with van der Waals surface area (Å²) in [5.41, 5.74) is 2.76. The molecule has 1 atom stereocenters. The van der Waals surface area contributed by atoms with Gasteiger partial charge in [-0.05, 0) is 48.4 Å². The van der Waals surface area contributed by atoms with Crippen molar-refractivity contribution in [2.45, 2.75) is 18.4 Å². The van der Waals surface area contributed by atoms with Gasteiger partial charge in [0.05, 0.1) is 0 Å². The van der Waals surface area contributed by atoms with Crippen LogP contribution in [0, 0.1) is 0 Å². The first kappa shape index (κ1) is 23.8. The third kappa shape index (κ3) is 7.31. The van der Waals surface area contributed by atoms with Crippen molar-refractivity contribution in [3.05, 3.63) is 101 Å². The van der Waals surface area contributed by atoms with E-state index in [1.807, 2.05) is 12.1 Å². The van der Waals surface area contributed by atoms with Crippen molar-refractivity contribution in [3.8, 4) is 5.75 Å². The lowest BCUT2D eigenvalue weighted by Crippen LogP contribution is -2.49. The summed E-state index contributed by atoms with van der Waals surface area (Å²) >= 11 is 5.90. The lowest BCUT2D eigenvalue weighted by Gasteiger charge is -2.36. The Bertz CT molecular complexity index is 905. The van der Waals surface area contributed by atoms with E-state index < -0.39 is 6.10 Å². The van der Waals surface area contributed by atoms with Crippen molar-refractivity contribution in [1.82, 2.24) is 9.80 Å². The van der Waals surface area contributed by atoms with Crippen LogP contribution < -0.4 is 4.74 Å². The van der Waals surface area contributed by atoms with Crippen LogP contribution in [0.25, 0.3) is 0 Å². The van der Waals surface area contributed by atoms with E-state index in [0.29, 0.717) is 17.5 Å². The van der Waals surface area contributed by atoms with Crippen molar-refractivity contribution in [3.63, 3.8) is 0 Å². The summed E-state index contributed by atoms with van der Waals surface area (Å²) in [4.78, 5) is 4.88. The van der Waals surface area contributed by atoms with Crippen LogP contribution in [0.3, 0.4) is 0 Å². The summed E-state index contributed by atoms with van der Waals surface area (Å²) in [6, 6.07) is 28.9. The second-order valence-electron chi connectivity index (χ2n) is 8.72. The summed E-state index contributed by atoms with van der Waals surface area (Å²) in [6.45, 7) is 6.00. The molecule has 0 aliphatic carbocycles. The molecule has 1 heterocycles. The molecule has 174 valence electrons. The third-order valence-corrected chi connectivity index (χ3v) is 6.58. The molecular formula is C28H33ClN2O2. The number of aliphatic hydroxyl groups excluding tert-OH is 1. The van der Waals surface area contributed by atoms with E-state index in [9.17, 15) is 5.11 Å². The summed E-state index contributed by atoms with van der Waals surface area (Å²) in [5, 5.41) is 11.1. The smallest absolute Gasteiger partial charge is 0.119 e. The van der Waals surface area contributed by atoms with E-state index in [2.05, 4.69) is 70.5 Å². The Morgan fingerprint density at radius 2 is 1.30 bits per heavy atom. The molecule has 1 saturated heterocycles. The highest BCUT2D eigenvalue weighted by Gasteiger charge is 2.21. The van der Waals surface area contributed by atoms with Crippen molar-refractivity contribution >= 4 is 11.6 Å². The molecule has 0 amide bonds. The monoisotopic (exact) mass is 464 g/mol. The molecule has 0 spiro atoms. The Kier molecular flexibility index (Phi) is 8.79. The highest BCUT2D eigenvalue weighted by Crippen LogP contribution is 2.28. The number of nitrogens with zero attached hydrogens (tertiary/aromatic N) is 2. The Morgan fingerprint density at radius 3 is 1.88 bits per heavy atom. The highest BCUT2D eigenvalue weighted by atomic mass is 35.5. The predicted molar refractivity (Wildman–Crippen MR) is 135 cm³/mol. The minimum atomic E-state index is -0.507. The van der Waals surface area contributed by atoms with E-state index in [4.69, 9.17) is 16.3 Å². The van der Waals surface area contributed by atoms with Crippen LogP contribution in [0.5, 0.6) is 5.75 Å². The fourth-order valence-corrected chi connectivity index (χ4v) is 4.60. The van der Waals surface area contributed by atoms with Crippen LogP contribution in [0.1, 0.15) is 23.5 Å². The SMILES string of the molecule is OC(COc1ccc(Cl)cc1)CN1CCN(CCC(c2ccccc2)c2ccccc2)CC1. The molecule has 1 aliphatic rings. The lowest BCUT2D eigenvalue weighted by atomic mass is 9.88. The van der Waals surface area contributed by atoms with Gasteiger partial charge in [0.25, 0.3) is 0 Å². The van der Waals surface area contributed by atoms with Gasteiger partial charge in [0.15, 0.2) is 0 Å². The molecule has 0 radical (unpaired) electrons. The van der Waals surface area contributed by atoms with Gasteiger partial charge in [-0.25, -0.2) is 0 Å². The number of ether oxygens (including phenoxy) is 1. The van der Waals surface area contributed by atoms with Gasteiger partial charge < -0.3 is 14.7 Å². The average molecular weight is 465 g/mol. The third-order valence-electron chi connectivity index (χ3n) is 6.33. The summed E-state index contributed by atoms with van der Waals surface area (Å²) in [7, 11) is 0. The molecule has 1 N–H and O–H groups in total. The second-order valence-corrected chi connectivity index (χ2v) is 9.16. The Hall–Kier alpha value is -2.37. The highest BCUT2D eigenvalue weighted by molar-refractivity contribution is 6.30. The average Bonchev–Trinajstić information content (AvgIpc) is 2.86. The van der Waals surface area contributed by atoms with Gasteiger partial charge in [0, 0.05) is 43.7 Å². The number of hydrogen-bond donors (Lipinski definition) is 1. The molecule has 1 fully saturated rings. The van der Waals surface area contributed by atoms with E-state index in [0.717, 1.165) is 44.9 Å². The van der Waals surface area contributed by atoms with E-state index in [-0.39, 0.29) is 6.61 Å².